The van der Waals surface area contributed by atoms with Crippen LogP contribution in [0.2, 0.25) is 0 Å². The van der Waals surface area contributed by atoms with Crippen LogP contribution in [0.5, 0.6) is 0 Å². The normalized spacial score (nSPS) is 18.1. The van der Waals surface area contributed by atoms with Gasteiger partial charge in [-0.1, -0.05) is 12.1 Å². The number of aromatic nitrogens is 3. The van der Waals surface area contributed by atoms with Crippen LogP contribution in [0.1, 0.15) is 36.2 Å². The van der Waals surface area contributed by atoms with Gasteiger partial charge in [0.25, 0.3) is 0 Å². The molecule has 4 nitrogen and oxygen atoms in total. The molecular weight excluding hydrogens is 329 g/mol. The van der Waals surface area contributed by atoms with Crippen LogP contribution in [0, 0.1) is 12.7 Å². The summed E-state index contributed by atoms with van der Waals surface area (Å²) in [7, 11) is 0. The lowest BCUT2D eigenvalue weighted by Gasteiger charge is -2.37. The average molecular weight is 344 g/mol. The molecule has 25 heavy (non-hydrogen) atoms. The molecule has 1 aromatic carbocycles. The minimum absolute atomic E-state index is 0.0822. The summed E-state index contributed by atoms with van der Waals surface area (Å²) < 4.78 is 45.5. The van der Waals surface area contributed by atoms with E-state index < -0.39 is 22.8 Å². The van der Waals surface area contributed by atoms with E-state index in [0.717, 1.165) is 11.8 Å². The molecule has 0 spiro atoms. The predicted molar refractivity (Wildman–Crippen MR) is 87.7 cm³/mol. The Kier molecular flexibility index (Phi) is 3.10. The molecule has 0 radical (unpaired) electrons. The molecule has 3 aromatic rings. The molecule has 128 valence electrons. The summed E-state index contributed by atoms with van der Waals surface area (Å²) in [6.45, 7) is 4.46. The van der Waals surface area contributed by atoms with Gasteiger partial charge in [-0.2, -0.15) is 13.9 Å². The Morgan fingerprint density at radius 2 is 1.88 bits per heavy atom. The second-order valence-corrected chi connectivity index (χ2v) is 6.67. The van der Waals surface area contributed by atoms with Crippen molar-refractivity contribution in [2.24, 2.45) is 4.99 Å². The van der Waals surface area contributed by atoms with Gasteiger partial charge in [-0.25, -0.2) is 13.9 Å². The van der Waals surface area contributed by atoms with Crippen LogP contribution in [0.4, 0.5) is 13.2 Å². The highest BCUT2D eigenvalue weighted by Gasteiger charge is 2.54. The number of hydrogen-bond donors (Lipinski definition) is 0. The van der Waals surface area contributed by atoms with Crippen molar-refractivity contribution in [3.63, 3.8) is 0 Å². The molecule has 0 atom stereocenters. The highest BCUT2D eigenvalue weighted by molar-refractivity contribution is 6.15. The first-order chi connectivity index (χ1) is 11.7. The highest BCUT2D eigenvalue weighted by Crippen LogP contribution is 2.47. The lowest BCUT2D eigenvalue weighted by atomic mass is 9.81. The number of imidazole rings is 1. The first-order valence-electron chi connectivity index (χ1n) is 7.80. The molecule has 7 heteroatoms. The fraction of sp³-hybridized carbons (Fsp3) is 0.278. The van der Waals surface area contributed by atoms with E-state index in [1.54, 1.807) is 16.8 Å². The molecular formula is C18H15F3N4. The van der Waals surface area contributed by atoms with Crippen molar-refractivity contribution in [3.8, 4) is 0 Å². The maximum absolute atomic E-state index is 14.8. The van der Waals surface area contributed by atoms with Gasteiger partial charge >= 0.3 is 5.92 Å². The van der Waals surface area contributed by atoms with Crippen LogP contribution >= 0.6 is 0 Å². The van der Waals surface area contributed by atoms with Crippen LogP contribution < -0.4 is 0 Å². The Morgan fingerprint density at radius 3 is 2.64 bits per heavy atom. The molecule has 0 unspecified atom stereocenters. The molecule has 3 heterocycles. The zero-order valence-electron chi connectivity index (χ0n) is 13.9. The minimum Gasteiger partial charge on any atom is -0.271 e. The maximum Gasteiger partial charge on any atom is 0.300 e. The fourth-order valence-corrected chi connectivity index (χ4v) is 3.10. The predicted octanol–water partition coefficient (Wildman–Crippen LogP) is 3.90. The van der Waals surface area contributed by atoms with Crippen LogP contribution in [0.15, 0.2) is 41.7 Å². The molecule has 0 amide bonds. The van der Waals surface area contributed by atoms with Gasteiger partial charge in [0.05, 0.1) is 29.4 Å². The van der Waals surface area contributed by atoms with Gasteiger partial charge < -0.3 is 0 Å². The smallest absolute Gasteiger partial charge is 0.271 e. The van der Waals surface area contributed by atoms with E-state index in [1.165, 1.54) is 32.2 Å². The molecule has 0 saturated carbocycles. The van der Waals surface area contributed by atoms with E-state index in [9.17, 15) is 13.2 Å². The largest absolute Gasteiger partial charge is 0.300 e. The lowest BCUT2D eigenvalue weighted by molar-refractivity contribution is -0.0710. The van der Waals surface area contributed by atoms with E-state index in [2.05, 4.69) is 15.1 Å². The van der Waals surface area contributed by atoms with E-state index in [0.29, 0.717) is 16.9 Å². The van der Waals surface area contributed by atoms with Gasteiger partial charge in [0, 0.05) is 11.1 Å². The zero-order chi connectivity index (χ0) is 18.0. The Balaban J connectivity index is 2.00. The van der Waals surface area contributed by atoms with Crippen molar-refractivity contribution in [2.45, 2.75) is 32.2 Å². The summed E-state index contributed by atoms with van der Waals surface area (Å²) >= 11 is 0. The first-order valence-corrected chi connectivity index (χ1v) is 7.80. The number of aliphatic imine (C=N–C) groups is 1. The van der Waals surface area contributed by atoms with Gasteiger partial charge in [0.15, 0.2) is 5.65 Å². The molecule has 0 N–H and O–H groups in total. The topological polar surface area (TPSA) is 42.5 Å². The summed E-state index contributed by atoms with van der Waals surface area (Å²) in [6.07, 6.45) is 3.20. The monoisotopic (exact) mass is 344 g/mol. The standard InChI is InChI=1S/C18H15F3N4/c1-10-8-22-14-7-11(9-23-25(10)14)16-12-5-4-6-13(19)15(12)18(20,21)17(2,3)24-16/h4-9H,1-3H3. The quantitative estimate of drug-likeness (QED) is 0.672. The number of halogens is 3. The summed E-state index contributed by atoms with van der Waals surface area (Å²) in [6, 6.07) is 5.63. The maximum atomic E-state index is 14.8. The van der Waals surface area contributed by atoms with E-state index >= 15 is 0 Å². The Hall–Kier alpha value is -2.70. The SMILES string of the molecule is Cc1cnc2cc(C3=NC(C)(C)C(F)(F)c4c(F)cccc43)cnn12. The average Bonchev–Trinajstić information content (AvgIpc) is 2.92. The molecule has 0 bridgehead atoms. The second kappa shape index (κ2) is 4.91. The van der Waals surface area contributed by atoms with Gasteiger partial charge in [-0.05, 0) is 32.9 Å². The fourth-order valence-electron chi connectivity index (χ4n) is 3.10. The third kappa shape index (κ3) is 2.11. The number of hydrogen-bond acceptors (Lipinski definition) is 3. The molecule has 4 rings (SSSR count). The van der Waals surface area contributed by atoms with Gasteiger partial charge in [0.1, 0.15) is 11.4 Å². The Morgan fingerprint density at radius 1 is 1.12 bits per heavy atom. The molecule has 0 fully saturated rings. The third-order valence-corrected chi connectivity index (χ3v) is 4.55. The Bertz CT molecular complexity index is 1030. The number of rotatable bonds is 1. The van der Waals surface area contributed by atoms with Crippen molar-refractivity contribution in [1.82, 2.24) is 14.6 Å². The first kappa shape index (κ1) is 15.8. The minimum atomic E-state index is -3.42. The van der Waals surface area contributed by atoms with Crippen molar-refractivity contribution >= 4 is 11.4 Å². The molecule has 1 aliphatic heterocycles. The summed E-state index contributed by atoms with van der Waals surface area (Å²) in [5.74, 6) is -4.35. The van der Waals surface area contributed by atoms with Crippen molar-refractivity contribution in [1.29, 1.82) is 0 Å². The summed E-state index contributed by atoms with van der Waals surface area (Å²) in [5, 5.41) is 4.29. The van der Waals surface area contributed by atoms with Crippen LogP contribution in [0.3, 0.4) is 0 Å². The Labute approximate surface area is 142 Å². The molecule has 0 aliphatic carbocycles. The van der Waals surface area contributed by atoms with Crippen molar-refractivity contribution in [2.75, 3.05) is 0 Å². The number of alkyl halides is 2. The van der Waals surface area contributed by atoms with Crippen LogP contribution in [-0.2, 0) is 5.92 Å². The number of aryl methyl sites for hydroxylation is 1. The van der Waals surface area contributed by atoms with Gasteiger partial charge in [-0.3, -0.25) is 4.99 Å². The number of fused-ring (bicyclic) bond motifs is 2. The molecule has 0 saturated heterocycles. The summed E-state index contributed by atoms with van der Waals surface area (Å²) in [4.78, 5) is 8.49. The second-order valence-electron chi connectivity index (χ2n) is 6.67. The van der Waals surface area contributed by atoms with Crippen LogP contribution in [0.25, 0.3) is 5.65 Å². The van der Waals surface area contributed by atoms with E-state index in [-0.39, 0.29) is 5.56 Å². The van der Waals surface area contributed by atoms with Gasteiger partial charge in [-0.15, -0.1) is 0 Å². The molecule has 1 aliphatic rings. The molecule has 2 aromatic heterocycles. The highest BCUT2D eigenvalue weighted by atomic mass is 19.3. The number of benzene rings is 1. The summed E-state index contributed by atoms with van der Waals surface area (Å²) in [5.41, 5.74) is -0.0800. The number of nitrogens with zero attached hydrogens (tertiary/aromatic N) is 4. The van der Waals surface area contributed by atoms with Crippen LogP contribution in [-0.4, -0.2) is 25.8 Å². The van der Waals surface area contributed by atoms with Gasteiger partial charge in [0.2, 0.25) is 0 Å². The van der Waals surface area contributed by atoms with E-state index in [4.69, 9.17) is 0 Å². The van der Waals surface area contributed by atoms with Crippen molar-refractivity contribution in [3.05, 3.63) is 64.9 Å². The van der Waals surface area contributed by atoms with Crippen molar-refractivity contribution < 1.29 is 13.2 Å². The van der Waals surface area contributed by atoms with E-state index in [1.807, 2.05) is 6.92 Å². The third-order valence-electron chi connectivity index (χ3n) is 4.55. The lowest BCUT2D eigenvalue weighted by Crippen LogP contribution is -2.44. The zero-order valence-corrected chi connectivity index (χ0v) is 13.9.